The highest BCUT2D eigenvalue weighted by Gasteiger charge is 2.22. The second-order valence-electron chi connectivity index (χ2n) is 7.63. The van der Waals surface area contributed by atoms with Crippen molar-refractivity contribution in [3.05, 3.63) is 71.2 Å². The number of rotatable bonds is 5. The minimum Gasteiger partial charge on any atom is -0.338 e. The fourth-order valence-electron chi connectivity index (χ4n) is 3.19. The van der Waals surface area contributed by atoms with Gasteiger partial charge in [0.15, 0.2) is 5.78 Å². The van der Waals surface area contributed by atoms with Gasteiger partial charge in [-0.05, 0) is 43.5 Å². The zero-order chi connectivity index (χ0) is 26.1. The highest BCUT2D eigenvalue weighted by Crippen LogP contribution is 2.13. The van der Waals surface area contributed by atoms with Gasteiger partial charge in [-0.1, -0.05) is 33.6 Å². The molecule has 2 fully saturated rings. The number of carbonyl (C=O) groups excluding carboxylic acids is 3. The molecule has 2 amide bonds. The summed E-state index contributed by atoms with van der Waals surface area (Å²) >= 11 is 3.22. The zero-order valence-electron chi connectivity index (χ0n) is 19.7. The first-order chi connectivity index (χ1) is 16.8. The first kappa shape index (κ1) is 30.0. The Morgan fingerprint density at radius 3 is 1.86 bits per heavy atom. The van der Waals surface area contributed by atoms with Crippen molar-refractivity contribution in [1.29, 1.82) is 0 Å². The number of carbonyl (C=O) groups is 3. The van der Waals surface area contributed by atoms with E-state index < -0.39 is 0 Å². The molecule has 2 aromatic rings. The molecule has 2 aliphatic rings. The van der Waals surface area contributed by atoms with Crippen molar-refractivity contribution in [1.82, 2.24) is 19.8 Å². The maximum atomic E-state index is 11.7. The van der Waals surface area contributed by atoms with Gasteiger partial charge < -0.3 is 9.80 Å². The molecule has 2 N–H and O–H groups in total. The molecule has 0 bridgehead atoms. The number of likely N-dealkylation sites (tertiary alicyclic amines) is 2. The lowest BCUT2D eigenvalue weighted by Crippen LogP contribution is -2.30. The molecule has 11 heteroatoms. The maximum absolute atomic E-state index is 11.7. The van der Waals surface area contributed by atoms with E-state index in [1.54, 1.807) is 29.4 Å². The van der Waals surface area contributed by atoms with Gasteiger partial charge in [-0.3, -0.25) is 24.4 Å². The Kier molecular flexibility index (Phi) is 15.0. The van der Waals surface area contributed by atoms with Crippen molar-refractivity contribution < 1.29 is 29.9 Å². The van der Waals surface area contributed by atoms with Crippen molar-refractivity contribution in [3.8, 4) is 0 Å². The van der Waals surface area contributed by atoms with Crippen LogP contribution in [0.4, 0.5) is 0 Å². The second kappa shape index (κ2) is 17.4. The predicted octanol–water partition coefficient (Wildman–Crippen LogP) is 3.74. The van der Waals surface area contributed by atoms with Gasteiger partial charge in [0.05, 0.1) is 13.1 Å². The molecule has 0 aromatic carbocycles. The molecule has 0 unspecified atom stereocenters. The van der Waals surface area contributed by atoms with Crippen LogP contribution in [0.1, 0.15) is 41.6 Å². The summed E-state index contributed by atoms with van der Waals surface area (Å²) in [7, 11) is 0. The number of pyridine rings is 2. The van der Waals surface area contributed by atoms with Gasteiger partial charge in [-0.15, -0.1) is 0 Å². The van der Waals surface area contributed by atoms with Crippen LogP contribution in [0.3, 0.4) is 0 Å². The van der Waals surface area contributed by atoms with E-state index in [-0.39, 0.29) is 24.1 Å². The summed E-state index contributed by atoms with van der Waals surface area (Å²) in [6, 6.07) is 7.39. The summed E-state index contributed by atoms with van der Waals surface area (Å²) < 4.78 is 0.878. The third-order valence-corrected chi connectivity index (χ3v) is 5.08. The molecule has 190 valence electrons. The maximum Gasteiger partial charge on any atom is 0.223 e. The first-order valence-corrected chi connectivity index (χ1v) is 11.7. The van der Waals surface area contributed by atoms with E-state index >= 15 is 0 Å². The van der Waals surface area contributed by atoms with Crippen LogP contribution in [-0.2, 0) is 14.6 Å². The van der Waals surface area contributed by atoms with Gasteiger partial charge in [-0.25, -0.2) is 10.5 Å². The van der Waals surface area contributed by atoms with Crippen LogP contribution in [0.25, 0.3) is 0 Å². The van der Waals surface area contributed by atoms with Crippen molar-refractivity contribution in [3.63, 3.8) is 0 Å². The fraction of sp³-hybridized carbons (Fsp3) is 0.375. The van der Waals surface area contributed by atoms with Gasteiger partial charge in [0.1, 0.15) is 0 Å². The van der Waals surface area contributed by atoms with Crippen molar-refractivity contribution in [2.75, 3.05) is 26.2 Å². The monoisotopic (exact) mass is 550 g/mol. The van der Waals surface area contributed by atoms with E-state index in [9.17, 15) is 14.4 Å². The number of amides is 2. The van der Waals surface area contributed by atoms with Crippen LogP contribution >= 0.6 is 15.9 Å². The number of hydrogen-bond acceptors (Lipinski definition) is 8. The van der Waals surface area contributed by atoms with E-state index in [4.69, 9.17) is 10.5 Å². The average molecular weight is 551 g/mol. The summed E-state index contributed by atoms with van der Waals surface area (Å²) in [6.07, 6.45) is 9.90. The van der Waals surface area contributed by atoms with Crippen LogP contribution in [0.5, 0.6) is 0 Å². The first-order valence-electron chi connectivity index (χ1n) is 10.9. The fourth-order valence-corrected chi connectivity index (χ4v) is 3.49. The Morgan fingerprint density at radius 1 is 1.00 bits per heavy atom. The molecule has 4 heterocycles. The molecule has 0 radical (unpaired) electrons. The third-order valence-electron chi connectivity index (χ3n) is 4.83. The normalized spacial score (nSPS) is 14.2. The molecule has 0 atom stereocenters. The van der Waals surface area contributed by atoms with E-state index in [0.717, 1.165) is 23.9 Å². The molecule has 0 saturated carbocycles. The Balaban J connectivity index is 0.000000265. The van der Waals surface area contributed by atoms with Crippen LogP contribution in [-0.4, -0.2) is 74.1 Å². The average Bonchev–Trinajstić information content (AvgIpc) is 3.43. The summed E-state index contributed by atoms with van der Waals surface area (Å²) in [6.45, 7) is 8.14. The zero-order valence-corrected chi connectivity index (χ0v) is 21.3. The Labute approximate surface area is 213 Å². The van der Waals surface area contributed by atoms with Gasteiger partial charge in [0.2, 0.25) is 11.8 Å². The van der Waals surface area contributed by atoms with Gasteiger partial charge >= 0.3 is 0 Å². The van der Waals surface area contributed by atoms with E-state index in [0.29, 0.717) is 31.5 Å². The number of aromatic nitrogens is 2. The van der Waals surface area contributed by atoms with Gasteiger partial charge in [0.25, 0.3) is 0 Å². The number of hydrogen-bond donors (Lipinski definition) is 2. The Morgan fingerprint density at radius 2 is 1.51 bits per heavy atom. The molecule has 0 spiro atoms. The highest BCUT2D eigenvalue weighted by molar-refractivity contribution is 9.11. The summed E-state index contributed by atoms with van der Waals surface area (Å²) in [4.78, 5) is 45.2. The predicted molar refractivity (Wildman–Crippen MR) is 134 cm³/mol. The van der Waals surface area contributed by atoms with E-state index in [2.05, 4.69) is 37.5 Å². The van der Waals surface area contributed by atoms with Crippen LogP contribution < -0.4 is 0 Å². The van der Waals surface area contributed by atoms with Crippen LogP contribution in [0.2, 0.25) is 0 Å². The van der Waals surface area contributed by atoms with E-state index in [1.165, 1.54) is 11.8 Å². The Hall–Kier alpha value is -2.99. The topological polar surface area (TPSA) is 133 Å². The summed E-state index contributed by atoms with van der Waals surface area (Å²) in [5, 5.41) is 15.5. The smallest absolute Gasteiger partial charge is 0.223 e. The number of nitrogens with zero attached hydrogens (tertiary/aromatic N) is 4. The number of halogens is 1. The molecule has 4 rings (SSSR count). The molecular formula is C24H31BrN4O6. The number of Topliss-reactive ketones (excluding diaryl/α,β-unsaturated/α-hetero) is 1. The number of aryl methyl sites for hydroxylation is 1. The largest absolute Gasteiger partial charge is 0.338 e. The van der Waals surface area contributed by atoms with Crippen molar-refractivity contribution in [2.24, 2.45) is 0 Å². The molecule has 35 heavy (non-hydrogen) atoms. The van der Waals surface area contributed by atoms with Gasteiger partial charge in [-0.2, -0.15) is 0 Å². The standard InChI is InChI=1S/C11H12N2O2.C7H10BrNO.C6H7N.H2O3/c14-10(9-3-1-5-12-7-9)8-13-6-2-4-11(13)15;1-6(8)5-9-4-2-3-7(9)10;1-6-3-2-4-7-5-6;1-3-2/h1,3,5,7H,2,4,6,8H2;1-5H2;2-5H,1H3;1-2H. The molecule has 0 aliphatic carbocycles. The van der Waals surface area contributed by atoms with Gasteiger partial charge in [0, 0.05) is 60.8 Å². The molecule has 2 aromatic heterocycles. The Bertz CT molecular complexity index is 930. The van der Waals surface area contributed by atoms with E-state index in [1.807, 2.05) is 30.2 Å². The summed E-state index contributed by atoms with van der Waals surface area (Å²) in [5.74, 6) is 0.284. The van der Waals surface area contributed by atoms with Crippen molar-refractivity contribution >= 4 is 33.5 Å². The molecule has 2 aliphatic heterocycles. The second-order valence-corrected chi connectivity index (χ2v) is 8.75. The minimum absolute atomic E-state index is 0.0432. The third kappa shape index (κ3) is 12.9. The number of ketones is 1. The molecule has 2 saturated heterocycles. The lowest BCUT2D eigenvalue weighted by molar-refractivity contribution is -0.465. The highest BCUT2D eigenvalue weighted by atomic mass is 79.9. The SMILES string of the molecule is C=C(Br)CN1CCCC1=O.Cc1cccnc1.O=C(CN1CCCC1=O)c1cccnc1.OOO. The molecule has 10 nitrogen and oxygen atoms in total. The lowest BCUT2D eigenvalue weighted by Gasteiger charge is -2.13. The molecular weight excluding hydrogens is 520 g/mol. The quantitative estimate of drug-likeness (QED) is 0.326. The van der Waals surface area contributed by atoms with Crippen LogP contribution in [0, 0.1) is 6.92 Å². The lowest BCUT2D eigenvalue weighted by atomic mass is 10.2. The van der Waals surface area contributed by atoms with Crippen molar-refractivity contribution in [2.45, 2.75) is 32.6 Å². The minimum atomic E-state index is -0.0432. The summed E-state index contributed by atoms with van der Waals surface area (Å²) in [5.41, 5.74) is 1.78. The van der Waals surface area contributed by atoms with Crippen LogP contribution in [0.15, 0.2) is 60.1 Å².